The molecule has 9 heteroatoms. The van der Waals surface area contributed by atoms with Gasteiger partial charge >= 0.3 is 0 Å². The van der Waals surface area contributed by atoms with E-state index in [0.29, 0.717) is 43.0 Å². The zero-order valence-electron chi connectivity index (χ0n) is 17.3. The van der Waals surface area contributed by atoms with Gasteiger partial charge in [-0.05, 0) is 56.2 Å². The second-order valence-corrected chi connectivity index (χ2v) is 9.18. The Morgan fingerprint density at radius 3 is 2.52 bits per heavy atom. The Labute approximate surface area is 181 Å². The number of nitrogens with zero attached hydrogens (tertiary/aromatic N) is 3. The topological polar surface area (TPSA) is 94.8 Å². The lowest BCUT2D eigenvalue weighted by molar-refractivity contribution is 0.243. The summed E-state index contributed by atoms with van der Waals surface area (Å²) < 4.78 is 44.5. The fraction of sp³-hybridized carbons (Fsp3) is 0.364. The quantitative estimate of drug-likeness (QED) is 0.525. The Bertz CT molecular complexity index is 1080. The van der Waals surface area contributed by atoms with E-state index in [2.05, 4.69) is 10.2 Å². The van der Waals surface area contributed by atoms with Crippen LogP contribution in [0.2, 0.25) is 0 Å². The number of hydrogen-bond donors (Lipinski definition) is 0. The summed E-state index contributed by atoms with van der Waals surface area (Å²) in [5.74, 6) is 2.02. The van der Waals surface area contributed by atoms with Crippen molar-refractivity contribution in [1.29, 1.82) is 0 Å². The first-order valence-corrected chi connectivity index (χ1v) is 11.7. The van der Waals surface area contributed by atoms with Crippen molar-refractivity contribution < 1.29 is 22.3 Å². The fourth-order valence-electron chi connectivity index (χ4n) is 3.54. The lowest BCUT2D eigenvalue weighted by Crippen LogP contribution is -2.39. The third-order valence-corrected chi connectivity index (χ3v) is 6.97. The van der Waals surface area contributed by atoms with E-state index in [0.717, 1.165) is 12.8 Å². The van der Waals surface area contributed by atoms with Gasteiger partial charge < -0.3 is 13.9 Å². The molecule has 31 heavy (non-hydrogen) atoms. The molecule has 1 atom stereocenters. The van der Waals surface area contributed by atoms with Crippen molar-refractivity contribution in [1.82, 2.24) is 14.5 Å². The molecule has 1 aromatic heterocycles. The molecule has 0 N–H and O–H groups in total. The van der Waals surface area contributed by atoms with E-state index in [1.54, 1.807) is 24.3 Å². The average molecular weight is 444 g/mol. The number of rotatable bonds is 8. The molecule has 8 nitrogen and oxygen atoms in total. The number of para-hydroxylation sites is 1. The van der Waals surface area contributed by atoms with E-state index in [1.807, 2.05) is 37.3 Å². The smallest absolute Gasteiger partial charge is 0.253 e. The van der Waals surface area contributed by atoms with Crippen LogP contribution in [-0.4, -0.2) is 42.6 Å². The van der Waals surface area contributed by atoms with Gasteiger partial charge in [-0.1, -0.05) is 18.2 Å². The van der Waals surface area contributed by atoms with Crippen LogP contribution in [0.25, 0.3) is 0 Å². The first kappa shape index (κ1) is 21.3. The SMILES string of the molecule is CCOc1ccc(S(=O)(=O)N2CCCC(c3nnc(COc4ccccc4)o3)C2)cc1. The highest BCUT2D eigenvalue weighted by Gasteiger charge is 2.33. The van der Waals surface area contributed by atoms with Gasteiger partial charge in [0.1, 0.15) is 11.5 Å². The van der Waals surface area contributed by atoms with E-state index in [9.17, 15) is 8.42 Å². The Hall–Kier alpha value is -2.91. The Kier molecular flexibility index (Phi) is 6.53. The molecular formula is C22H25N3O5S. The maximum atomic E-state index is 13.1. The van der Waals surface area contributed by atoms with E-state index in [4.69, 9.17) is 13.9 Å². The Morgan fingerprint density at radius 1 is 1.03 bits per heavy atom. The lowest BCUT2D eigenvalue weighted by Gasteiger charge is -2.30. The first-order valence-electron chi connectivity index (χ1n) is 10.3. The van der Waals surface area contributed by atoms with Gasteiger partial charge in [-0.25, -0.2) is 8.42 Å². The summed E-state index contributed by atoms with van der Waals surface area (Å²) >= 11 is 0. The molecule has 1 fully saturated rings. The summed E-state index contributed by atoms with van der Waals surface area (Å²) in [5, 5.41) is 8.19. The molecule has 0 spiro atoms. The monoisotopic (exact) mass is 443 g/mol. The molecule has 0 amide bonds. The Morgan fingerprint density at radius 2 is 1.77 bits per heavy atom. The maximum absolute atomic E-state index is 13.1. The van der Waals surface area contributed by atoms with E-state index in [-0.39, 0.29) is 17.4 Å². The lowest BCUT2D eigenvalue weighted by atomic mass is 10.00. The molecule has 2 heterocycles. The first-order chi connectivity index (χ1) is 15.1. The molecule has 1 saturated heterocycles. The predicted octanol–water partition coefficient (Wildman–Crippen LogP) is 3.62. The van der Waals surface area contributed by atoms with E-state index < -0.39 is 10.0 Å². The van der Waals surface area contributed by atoms with E-state index >= 15 is 0 Å². The van der Waals surface area contributed by atoms with Crippen LogP contribution in [0.5, 0.6) is 11.5 Å². The van der Waals surface area contributed by atoms with Crippen molar-refractivity contribution in [2.45, 2.75) is 37.2 Å². The van der Waals surface area contributed by atoms with Crippen LogP contribution < -0.4 is 9.47 Å². The number of piperidine rings is 1. The summed E-state index contributed by atoms with van der Waals surface area (Å²) in [5.41, 5.74) is 0. The van der Waals surface area contributed by atoms with Crippen LogP contribution in [0.15, 0.2) is 63.9 Å². The van der Waals surface area contributed by atoms with Gasteiger partial charge in [0.15, 0.2) is 6.61 Å². The highest BCUT2D eigenvalue weighted by molar-refractivity contribution is 7.89. The highest BCUT2D eigenvalue weighted by atomic mass is 32.2. The van der Waals surface area contributed by atoms with Gasteiger partial charge in [-0.3, -0.25) is 0 Å². The third kappa shape index (κ3) is 5.05. The van der Waals surface area contributed by atoms with Crippen molar-refractivity contribution in [3.63, 3.8) is 0 Å². The number of sulfonamides is 1. The van der Waals surface area contributed by atoms with Gasteiger partial charge in [0.05, 0.1) is 17.4 Å². The summed E-state index contributed by atoms with van der Waals surface area (Å²) in [7, 11) is -3.61. The Balaban J connectivity index is 1.41. The molecule has 3 aromatic rings. The molecule has 1 unspecified atom stereocenters. The van der Waals surface area contributed by atoms with Gasteiger partial charge in [0, 0.05) is 13.1 Å². The van der Waals surface area contributed by atoms with Crippen LogP contribution >= 0.6 is 0 Å². The molecular weight excluding hydrogens is 418 g/mol. The minimum absolute atomic E-state index is 0.149. The normalized spacial score (nSPS) is 17.4. The number of hydrogen-bond acceptors (Lipinski definition) is 7. The number of ether oxygens (including phenoxy) is 2. The average Bonchev–Trinajstić information content (AvgIpc) is 3.28. The van der Waals surface area contributed by atoms with Crippen LogP contribution in [0.3, 0.4) is 0 Å². The summed E-state index contributed by atoms with van der Waals surface area (Å²) in [6.45, 7) is 3.34. The van der Waals surface area contributed by atoms with Gasteiger partial charge in [0.25, 0.3) is 5.89 Å². The van der Waals surface area contributed by atoms with Crippen LogP contribution in [0, 0.1) is 0 Å². The van der Waals surface area contributed by atoms with Gasteiger partial charge in [0.2, 0.25) is 15.9 Å². The van der Waals surface area contributed by atoms with E-state index in [1.165, 1.54) is 4.31 Å². The van der Waals surface area contributed by atoms with Crippen molar-refractivity contribution in [3.05, 3.63) is 66.4 Å². The fourth-order valence-corrected chi connectivity index (χ4v) is 5.06. The molecule has 2 aromatic carbocycles. The zero-order valence-corrected chi connectivity index (χ0v) is 18.1. The van der Waals surface area contributed by atoms with Gasteiger partial charge in [-0.2, -0.15) is 4.31 Å². The minimum atomic E-state index is -3.61. The molecule has 1 aliphatic rings. The number of aromatic nitrogens is 2. The summed E-state index contributed by atoms with van der Waals surface area (Å²) in [6.07, 6.45) is 1.51. The zero-order chi connectivity index (χ0) is 21.7. The van der Waals surface area contributed by atoms with Crippen molar-refractivity contribution in [2.24, 2.45) is 0 Å². The second-order valence-electron chi connectivity index (χ2n) is 7.24. The largest absolute Gasteiger partial charge is 0.494 e. The van der Waals surface area contributed by atoms with Crippen LogP contribution in [-0.2, 0) is 16.6 Å². The molecule has 1 aliphatic heterocycles. The van der Waals surface area contributed by atoms with Crippen molar-refractivity contribution >= 4 is 10.0 Å². The van der Waals surface area contributed by atoms with Crippen LogP contribution in [0.1, 0.15) is 37.5 Å². The molecule has 0 bridgehead atoms. The van der Waals surface area contributed by atoms with Crippen molar-refractivity contribution in [2.75, 3.05) is 19.7 Å². The third-order valence-electron chi connectivity index (χ3n) is 5.09. The highest BCUT2D eigenvalue weighted by Crippen LogP contribution is 2.30. The predicted molar refractivity (Wildman–Crippen MR) is 113 cm³/mol. The second kappa shape index (κ2) is 9.49. The molecule has 164 valence electrons. The van der Waals surface area contributed by atoms with Gasteiger partial charge in [-0.15, -0.1) is 10.2 Å². The number of benzene rings is 2. The minimum Gasteiger partial charge on any atom is -0.494 e. The van der Waals surface area contributed by atoms with Crippen LogP contribution in [0.4, 0.5) is 0 Å². The maximum Gasteiger partial charge on any atom is 0.253 e. The summed E-state index contributed by atoms with van der Waals surface area (Å²) in [4.78, 5) is 0.249. The van der Waals surface area contributed by atoms with Crippen molar-refractivity contribution in [3.8, 4) is 11.5 Å². The molecule has 0 radical (unpaired) electrons. The summed E-state index contributed by atoms with van der Waals surface area (Å²) in [6, 6.07) is 15.9. The molecule has 0 aliphatic carbocycles. The standard InChI is InChI=1S/C22H25N3O5S/c1-2-28-19-10-12-20(13-11-19)31(26,27)25-14-6-7-17(15-25)22-24-23-21(30-22)16-29-18-8-4-3-5-9-18/h3-5,8-13,17H,2,6-7,14-16H2,1H3. The molecule has 0 saturated carbocycles. The molecule has 4 rings (SSSR count).